The molecule has 1 aromatic carbocycles. The quantitative estimate of drug-likeness (QED) is 0.820. The number of nitrogen functional groups attached to an aromatic ring is 1. The number of anilines is 1. The molecule has 0 saturated carbocycles. The highest BCUT2D eigenvalue weighted by Crippen LogP contribution is 2.41. The standard InChI is InChI=1S/C13H14F3NO3/c14-13(15,16)8-1-2-10(17)9(7-8)12(11(18)19)3-5-20-6-4-12/h1-2,7H,3-6,17H2,(H,18,19). The molecule has 0 radical (unpaired) electrons. The minimum absolute atomic E-state index is 0.0168. The van der Waals surface area contributed by atoms with Crippen LogP contribution in [0.2, 0.25) is 0 Å². The number of ether oxygens (including phenoxy) is 1. The van der Waals surface area contributed by atoms with E-state index in [4.69, 9.17) is 10.5 Å². The van der Waals surface area contributed by atoms with Crippen LogP contribution >= 0.6 is 0 Å². The summed E-state index contributed by atoms with van der Waals surface area (Å²) in [5, 5.41) is 9.47. The summed E-state index contributed by atoms with van der Waals surface area (Å²) in [4.78, 5) is 11.6. The van der Waals surface area contributed by atoms with Crippen molar-refractivity contribution in [1.29, 1.82) is 0 Å². The SMILES string of the molecule is Nc1ccc(C(F)(F)F)cc1C1(C(=O)O)CCOCC1. The van der Waals surface area contributed by atoms with Crippen molar-refractivity contribution < 1.29 is 27.8 Å². The fraction of sp³-hybridized carbons (Fsp3) is 0.462. The van der Waals surface area contributed by atoms with E-state index in [0.717, 1.165) is 18.2 Å². The molecular weight excluding hydrogens is 275 g/mol. The number of rotatable bonds is 2. The molecule has 0 aromatic heterocycles. The van der Waals surface area contributed by atoms with Gasteiger partial charge < -0.3 is 15.6 Å². The molecule has 1 aliphatic heterocycles. The van der Waals surface area contributed by atoms with Crippen LogP contribution in [0, 0.1) is 0 Å². The highest BCUT2D eigenvalue weighted by molar-refractivity contribution is 5.84. The van der Waals surface area contributed by atoms with Crippen molar-refractivity contribution in [3.8, 4) is 0 Å². The van der Waals surface area contributed by atoms with E-state index >= 15 is 0 Å². The van der Waals surface area contributed by atoms with Gasteiger partial charge in [-0.1, -0.05) is 0 Å². The molecular formula is C13H14F3NO3. The number of hydrogen-bond donors (Lipinski definition) is 2. The average molecular weight is 289 g/mol. The number of aliphatic carboxylic acids is 1. The van der Waals surface area contributed by atoms with Crippen LogP contribution in [0.3, 0.4) is 0 Å². The zero-order chi connectivity index (χ0) is 15.0. The molecule has 0 amide bonds. The van der Waals surface area contributed by atoms with Crippen LogP contribution in [0.5, 0.6) is 0 Å². The molecule has 1 heterocycles. The summed E-state index contributed by atoms with van der Waals surface area (Å²) in [6.45, 7) is 0.365. The van der Waals surface area contributed by atoms with E-state index in [1.807, 2.05) is 0 Å². The Kier molecular flexibility index (Phi) is 3.64. The summed E-state index contributed by atoms with van der Waals surface area (Å²) in [6.07, 6.45) is -4.32. The molecule has 0 bridgehead atoms. The molecule has 1 saturated heterocycles. The van der Waals surface area contributed by atoms with Gasteiger partial charge in [-0.2, -0.15) is 13.2 Å². The molecule has 4 nitrogen and oxygen atoms in total. The first-order chi connectivity index (χ1) is 9.27. The Balaban J connectivity index is 2.56. The van der Waals surface area contributed by atoms with Gasteiger partial charge in [-0.15, -0.1) is 0 Å². The summed E-state index contributed by atoms with van der Waals surface area (Å²) in [6, 6.07) is 2.81. The topological polar surface area (TPSA) is 72.6 Å². The first-order valence-electron chi connectivity index (χ1n) is 6.06. The first kappa shape index (κ1) is 14.6. The summed E-state index contributed by atoms with van der Waals surface area (Å²) < 4.78 is 43.4. The largest absolute Gasteiger partial charge is 0.481 e. The molecule has 0 spiro atoms. The third kappa shape index (κ3) is 2.45. The second-order valence-corrected chi connectivity index (χ2v) is 4.80. The zero-order valence-corrected chi connectivity index (χ0v) is 10.5. The second kappa shape index (κ2) is 4.97. The predicted molar refractivity (Wildman–Crippen MR) is 65.2 cm³/mol. The molecule has 110 valence electrons. The molecule has 0 unspecified atom stereocenters. The summed E-state index contributed by atoms with van der Waals surface area (Å²) in [5.41, 5.74) is 3.48. The summed E-state index contributed by atoms with van der Waals surface area (Å²) in [5.74, 6) is -1.17. The van der Waals surface area contributed by atoms with Gasteiger partial charge in [0, 0.05) is 18.9 Å². The minimum atomic E-state index is -4.53. The highest BCUT2D eigenvalue weighted by Gasteiger charge is 2.44. The number of carboxylic acids is 1. The second-order valence-electron chi connectivity index (χ2n) is 4.80. The fourth-order valence-corrected chi connectivity index (χ4v) is 2.47. The molecule has 2 rings (SSSR count). The Morgan fingerprint density at radius 3 is 2.40 bits per heavy atom. The van der Waals surface area contributed by atoms with Crippen LogP contribution in [0.4, 0.5) is 18.9 Å². The van der Waals surface area contributed by atoms with Gasteiger partial charge in [-0.05, 0) is 36.6 Å². The van der Waals surface area contributed by atoms with Crippen molar-refractivity contribution in [2.75, 3.05) is 18.9 Å². The number of nitrogens with two attached hydrogens (primary N) is 1. The van der Waals surface area contributed by atoms with Crippen molar-refractivity contribution in [1.82, 2.24) is 0 Å². The van der Waals surface area contributed by atoms with Gasteiger partial charge in [0.15, 0.2) is 0 Å². The van der Waals surface area contributed by atoms with Gasteiger partial charge in [0.2, 0.25) is 0 Å². The van der Waals surface area contributed by atoms with Crippen LogP contribution < -0.4 is 5.73 Å². The maximum Gasteiger partial charge on any atom is 0.416 e. The Labute approximate surface area is 113 Å². The van der Waals surface area contributed by atoms with Gasteiger partial charge in [-0.25, -0.2) is 0 Å². The molecule has 1 aromatic rings. The Morgan fingerprint density at radius 1 is 1.30 bits per heavy atom. The Hall–Kier alpha value is -1.76. The highest BCUT2D eigenvalue weighted by atomic mass is 19.4. The van der Waals surface area contributed by atoms with Crippen LogP contribution in [-0.4, -0.2) is 24.3 Å². The van der Waals surface area contributed by atoms with Crippen LogP contribution in [0.1, 0.15) is 24.0 Å². The number of alkyl halides is 3. The van der Waals surface area contributed by atoms with Crippen molar-refractivity contribution in [3.63, 3.8) is 0 Å². The number of halogens is 3. The lowest BCUT2D eigenvalue weighted by molar-refractivity contribution is -0.148. The summed E-state index contributed by atoms with van der Waals surface area (Å²) >= 11 is 0. The lowest BCUT2D eigenvalue weighted by atomic mass is 9.73. The van der Waals surface area contributed by atoms with Crippen LogP contribution in [-0.2, 0) is 21.1 Å². The maximum atomic E-state index is 12.8. The molecule has 1 aliphatic rings. The predicted octanol–water partition coefficient (Wildman–Crippen LogP) is 2.42. The van der Waals surface area contributed by atoms with E-state index in [-0.39, 0.29) is 37.3 Å². The molecule has 1 fully saturated rings. The number of carboxylic acid groups (broad SMARTS) is 1. The smallest absolute Gasteiger partial charge is 0.416 e. The minimum Gasteiger partial charge on any atom is -0.481 e. The van der Waals surface area contributed by atoms with E-state index < -0.39 is 23.1 Å². The first-order valence-corrected chi connectivity index (χ1v) is 6.06. The number of hydrogen-bond acceptors (Lipinski definition) is 3. The van der Waals surface area contributed by atoms with E-state index in [2.05, 4.69) is 0 Å². The molecule has 20 heavy (non-hydrogen) atoms. The van der Waals surface area contributed by atoms with Crippen molar-refractivity contribution >= 4 is 11.7 Å². The third-order valence-corrected chi connectivity index (χ3v) is 3.65. The van der Waals surface area contributed by atoms with E-state index in [1.54, 1.807) is 0 Å². The van der Waals surface area contributed by atoms with Gasteiger partial charge in [0.05, 0.1) is 11.0 Å². The van der Waals surface area contributed by atoms with E-state index in [0.29, 0.717) is 0 Å². The molecule has 3 N–H and O–H groups in total. The number of benzene rings is 1. The van der Waals surface area contributed by atoms with Crippen molar-refractivity contribution in [2.24, 2.45) is 0 Å². The average Bonchev–Trinajstić information content (AvgIpc) is 2.38. The van der Waals surface area contributed by atoms with Crippen LogP contribution in [0.15, 0.2) is 18.2 Å². The third-order valence-electron chi connectivity index (χ3n) is 3.65. The van der Waals surface area contributed by atoms with E-state index in [9.17, 15) is 23.1 Å². The molecule has 0 aliphatic carbocycles. The van der Waals surface area contributed by atoms with Gasteiger partial charge >= 0.3 is 12.1 Å². The molecule has 0 atom stereocenters. The monoisotopic (exact) mass is 289 g/mol. The van der Waals surface area contributed by atoms with Gasteiger partial charge in [0.1, 0.15) is 0 Å². The molecule has 7 heteroatoms. The van der Waals surface area contributed by atoms with Crippen molar-refractivity contribution in [3.05, 3.63) is 29.3 Å². The Bertz CT molecular complexity index is 522. The fourth-order valence-electron chi connectivity index (χ4n) is 2.47. The van der Waals surface area contributed by atoms with Gasteiger partial charge in [0.25, 0.3) is 0 Å². The summed E-state index contributed by atoms with van der Waals surface area (Å²) in [7, 11) is 0. The van der Waals surface area contributed by atoms with Crippen LogP contribution in [0.25, 0.3) is 0 Å². The maximum absolute atomic E-state index is 12.8. The lowest BCUT2D eigenvalue weighted by Gasteiger charge is -2.34. The number of carbonyl (C=O) groups is 1. The zero-order valence-electron chi connectivity index (χ0n) is 10.5. The lowest BCUT2D eigenvalue weighted by Crippen LogP contribution is -2.42. The Morgan fingerprint density at radius 2 is 1.90 bits per heavy atom. The van der Waals surface area contributed by atoms with Crippen molar-refractivity contribution in [2.45, 2.75) is 24.4 Å². The van der Waals surface area contributed by atoms with Gasteiger partial charge in [-0.3, -0.25) is 4.79 Å². The van der Waals surface area contributed by atoms with E-state index in [1.165, 1.54) is 0 Å². The normalized spacial score (nSPS) is 18.8.